The molecule has 2 aromatic carbocycles. The highest BCUT2D eigenvalue weighted by molar-refractivity contribution is 5.94. The molecule has 2 aromatic rings. The smallest absolute Gasteiger partial charge is 0.270 e. The molecule has 0 radical (unpaired) electrons. The van der Waals surface area contributed by atoms with Gasteiger partial charge in [0, 0.05) is 16.7 Å². The van der Waals surface area contributed by atoms with Gasteiger partial charge >= 0.3 is 0 Å². The second-order valence-corrected chi connectivity index (χ2v) is 12.3. The van der Waals surface area contributed by atoms with E-state index in [-0.39, 0.29) is 42.8 Å². The first-order valence-electron chi connectivity index (χ1n) is 15.1. The lowest BCUT2D eigenvalue weighted by atomic mass is 9.76. The molecule has 2 rings (SSSR count). The standard InChI is InChI=1S/C34H50N6O5/c1-22(2)28(38-29(41)20-36-33(44)30(40(8)9)34(5,6)26-13-11-10-12-14-26)19-23(3)31(42)39-45-21-25-15-17-27(18-16-25)37-32(43)24(4)35-7/h10-19,22,24,28,30,35H,20-21H2,1-9H3,(H,36,44)(H,37,43)(H,38,41)(H,39,42)/b23-19+/t24-,28?,30+/m0/s1. The Hall–Kier alpha value is -4.06. The van der Waals surface area contributed by atoms with Crippen LogP contribution in [0.1, 0.15) is 52.7 Å². The van der Waals surface area contributed by atoms with Gasteiger partial charge in [-0.05, 0) is 64.2 Å². The van der Waals surface area contributed by atoms with Gasteiger partial charge in [0.05, 0.1) is 31.3 Å². The number of anilines is 1. The quantitative estimate of drug-likeness (QED) is 0.143. The summed E-state index contributed by atoms with van der Waals surface area (Å²) < 4.78 is 0. The molecule has 11 heteroatoms. The molecular formula is C34H50N6O5. The van der Waals surface area contributed by atoms with E-state index < -0.39 is 23.4 Å². The summed E-state index contributed by atoms with van der Waals surface area (Å²) in [6.45, 7) is 11.2. The Kier molecular flexibility index (Phi) is 14.4. The lowest BCUT2D eigenvalue weighted by Crippen LogP contribution is -2.55. The van der Waals surface area contributed by atoms with Crippen molar-refractivity contribution < 1.29 is 24.0 Å². The summed E-state index contributed by atoms with van der Waals surface area (Å²) in [5, 5.41) is 11.4. The zero-order valence-electron chi connectivity index (χ0n) is 28.0. The van der Waals surface area contributed by atoms with Crippen molar-refractivity contribution in [2.24, 2.45) is 5.92 Å². The molecule has 0 fully saturated rings. The average molecular weight is 623 g/mol. The summed E-state index contributed by atoms with van der Waals surface area (Å²) in [5.74, 6) is -1.22. The van der Waals surface area contributed by atoms with Crippen LogP contribution in [-0.2, 0) is 36.0 Å². The van der Waals surface area contributed by atoms with Crippen LogP contribution in [0.15, 0.2) is 66.2 Å². The number of nitrogens with zero attached hydrogens (tertiary/aromatic N) is 1. The molecule has 1 unspecified atom stereocenters. The number of carbonyl (C=O) groups excluding carboxylic acids is 4. The summed E-state index contributed by atoms with van der Waals surface area (Å²) >= 11 is 0. The number of hydroxylamine groups is 1. The van der Waals surface area contributed by atoms with Crippen LogP contribution in [0.25, 0.3) is 0 Å². The van der Waals surface area contributed by atoms with E-state index in [1.54, 1.807) is 51.2 Å². The average Bonchev–Trinajstić information content (AvgIpc) is 3.00. The SMILES string of the molecule is CN[C@@H](C)C(=O)Nc1ccc(CONC(=O)/C(C)=C/C(NC(=O)CNC(=O)[C@@H](N(C)C)C(C)(C)c2ccccc2)C(C)C)cc1. The van der Waals surface area contributed by atoms with Gasteiger partial charge in [-0.2, -0.15) is 0 Å². The number of hydrogen-bond donors (Lipinski definition) is 5. The lowest BCUT2D eigenvalue weighted by Gasteiger charge is -2.38. The molecule has 0 bridgehead atoms. The van der Waals surface area contributed by atoms with Gasteiger partial charge in [-0.15, -0.1) is 0 Å². The normalized spacial score (nSPS) is 14.0. The summed E-state index contributed by atoms with van der Waals surface area (Å²) in [6.07, 6.45) is 1.67. The molecule has 11 nitrogen and oxygen atoms in total. The predicted octanol–water partition coefficient (Wildman–Crippen LogP) is 2.89. The summed E-state index contributed by atoms with van der Waals surface area (Å²) in [7, 11) is 5.40. The number of amides is 4. The lowest BCUT2D eigenvalue weighted by molar-refractivity contribution is -0.130. The number of benzene rings is 2. The number of carbonyl (C=O) groups is 4. The predicted molar refractivity (Wildman–Crippen MR) is 177 cm³/mol. The fraction of sp³-hybridized carbons (Fsp3) is 0.471. The van der Waals surface area contributed by atoms with Gasteiger partial charge in [-0.3, -0.25) is 28.9 Å². The maximum atomic E-state index is 13.3. The Labute approximate surface area is 267 Å². The minimum absolute atomic E-state index is 0.0186. The van der Waals surface area contributed by atoms with Crippen LogP contribution >= 0.6 is 0 Å². The van der Waals surface area contributed by atoms with Crippen LogP contribution in [0.4, 0.5) is 5.69 Å². The maximum Gasteiger partial charge on any atom is 0.270 e. The van der Waals surface area contributed by atoms with Crippen molar-refractivity contribution >= 4 is 29.3 Å². The van der Waals surface area contributed by atoms with E-state index in [0.29, 0.717) is 11.3 Å². The first kappa shape index (κ1) is 37.1. The molecule has 3 atom stereocenters. The molecule has 0 aromatic heterocycles. The number of likely N-dealkylation sites (N-methyl/N-ethyl adjacent to an activating group) is 2. The Morgan fingerprint density at radius 1 is 0.933 bits per heavy atom. The van der Waals surface area contributed by atoms with Gasteiger partial charge < -0.3 is 21.3 Å². The monoisotopic (exact) mass is 622 g/mol. The second kappa shape index (κ2) is 17.4. The van der Waals surface area contributed by atoms with E-state index in [1.165, 1.54) is 0 Å². The molecule has 5 N–H and O–H groups in total. The van der Waals surface area contributed by atoms with Crippen LogP contribution in [0.2, 0.25) is 0 Å². The van der Waals surface area contributed by atoms with E-state index in [9.17, 15) is 19.2 Å². The molecular weight excluding hydrogens is 572 g/mol. The van der Waals surface area contributed by atoms with Gasteiger partial charge in [-0.25, -0.2) is 5.48 Å². The summed E-state index contributed by atoms with van der Waals surface area (Å²) in [6, 6.07) is 15.6. The highest BCUT2D eigenvalue weighted by Crippen LogP contribution is 2.29. The molecule has 0 aliphatic rings. The van der Waals surface area contributed by atoms with E-state index in [4.69, 9.17) is 4.84 Å². The van der Waals surface area contributed by atoms with E-state index in [1.807, 2.05) is 77.0 Å². The Balaban J connectivity index is 1.91. The molecule has 0 aliphatic heterocycles. The molecule has 0 aliphatic carbocycles. The third-order valence-electron chi connectivity index (χ3n) is 7.67. The highest BCUT2D eigenvalue weighted by Gasteiger charge is 2.38. The van der Waals surface area contributed by atoms with Crippen LogP contribution in [0, 0.1) is 5.92 Å². The van der Waals surface area contributed by atoms with Crippen molar-refractivity contribution in [2.75, 3.05) is 33.0 Å². The van der Waals surface area contributed by atoms with Crippen molar-refractivity contribution in [1.82, 2.24) is 26.3 Å². The molecule has 0 heterocycles. The van der Waals surface area contributed by atoms with Gasteiger partial charge in [0.15, 0.2) is 0 Å². The van der Waals surface area contributed by atoms with E-state index in [2.05, 4.69) is 26.7 Å². The zero-order chi connectivity index (χ0) is 33.7. The zero-order valence-corrected chi connectivity index (χ0v) is 28.0. The van der Waals surface area contributed by atoms with Crippen LogP contribution in [0.5, 0.6) is 0 Å². The summed E-state index contributed by atoms with van der Waals surface area (Å²) in [5.41, 5.74) is 4.76. The topological polar surface area (TPSA) is 141 Å². The molecule has 0 spiro atoms. The van der Waals surface area contributed by atoms with Crippen molar-refractivity contribution in [1.29, 1.82) is 0 Å². The largest absolute Gasteiger partial charge is 0.348 e. The second-order valence-electron chi connectivity index (χ2n) is 12.3. The van der Waals surface area contributed by atoms with Gasteiger partial charge in [0.25, 0.3) is 5.91 Å². The van der Waals surface area contributed by atoms with Crippen LogP contribution in [0.3, 0.4) is 0 Å². The van der Waals surface area contributed by atoms with Gasteiger partial charge in [0.2, 0.25) is 17.7 Å². The van der Waals surface area contributed by atoms with Crippen molar-refractivity contribution in [3.63, 3.8) is 0 Å². The first-order valence-corrected chi connectivity index (χ1v) is 15.1. The molecule has 0 saturated heterocycles. The van der Waals surface area contributed by atoms with E-state index in [0.717, 1.165) is 11.1 Å². The number of rotatable bonds is 16. The number of nitrogens with one attached hydrogen (secondary N) is 5. The Bertz CT molecular complexity index is 1310. The molecule has 4 amide bonds. The van der Waals surface area contributed by atoms with Crippen molar-refractivity contribution in [2.45, 2.75) is 71.7 Å². The van der Waals surface area contributed by atoms with Gasteiger partial charge in [0.1, 0.15) is 0 Å². The first-order chi connectivity index (χ1) is 21.2. The fourth-order valence-electron chi connectivity index (χ4n) is 4.81. The molecule has 246 valence electrons. The van der Waals surface area contributed by atoms with Crippen molar-refractivity contribution in [3.05, 3.63) is 77.4 Å². The molecule has 45 heavy (non-hydrogen) atoms. The third-order valence-corrected chi connectivity index (χ3v) is 7.67. The fourth-order valence-corrected chi connectivity index (χ4v) is 4.81. The van der Waals surface area contributed by atoms with Crippen molar-refractivity contribution in [3.8, 4) is 0 Å². The Morgan fingerprint density at radius 2 is 1.56 bits per heavy atom. The minimum atomic E-state index is -0.509. The van der Waals surface area contributed by atoms with Crippen LogP contribution in [-0.4, -0.2) is 74.3 Å². The van der Waals surface area contributed by atoms with Gasteiger partial charge in [-0.1, -0.05) is 76.2 Å². The minimum Gasteiger partial charge on any atom is -0.348 e. The third kappa shape index (κ3) is 11.4. The highest BCUT2D eigenvalue weighted by atomic mass is 16.6. The van der Waals surface area contributed by atoms with E-state index >= 15 is 0 Å². The molecule has 0 saturated carbocycles. The summed E-state index contributed by atoms with van der Waals surface area (Å²) in [4.78, 5) is 58.1. The van der Waals surface area contributed by atoms with Crippen LogP contribution < -0.4 is 26.7 Å². The number of hydrogen-bond acceptors (Lipinski definition) is 7. The Morgan fingerprint density at radius 3 is 2.11 bits per heavy atom. The maximum absolute atomic E-state index is 13.3.